The molecule has 2 aliphatic rings. The Bertz CT molecular complexity index is 1250. The average Bonchev–Trinajstić information content (AvgIpc) is 2.93. The van der Waals surface area contributed by atoms with E-state index in [0.717, 1.165) is 68.2 Å². The summed E-state index contributed by atoms with van der Waals surface area (Å²) in [4.78, 5) is 22.3. The molecule has 1 fully saturated rings. The van der Waals surface area contributed by atoms with Crippen molar-refractivity contribution in [2.24, 2.45) is 0 Å². The van der Waals surface area contributed by atoms with Gasteiger partial charge >= 0.3 is 11.9 Å². The lowest BCUT2D eigenvalue weighted by Crippen LogP contribution is -2.61. The summed E-state index contributed by atoms with van der Waals surface area (Å²) in [5, 5.41) is 48.5. The number of benzene rings is 1. The first-order chi connectivity index (χ1) is 20.2. The number of fused-ring (bicyclic) bond motifs is 1. The smallest absolute Gasteiger partial charge is 0.335 e. The topological polar surface area (TPSA) is 163 Å². The molecule has 0 bridgehead atoms. The third kappa shape index (κ3) is 9.40. The summed E-state index contributed by atoms with van der Waals surface area (Å²) in [5.74, 6) is -1.22. The van der Waals surface area contributed by atoms with Gasteiger partial charge < -0.3 is 39.7 Å². The van der Waals surface area contributed by atoms with Crippen molar-refractivity contribution in [1.29, 1.82) is 0 Å². The van der Waals surface area contributed by atoms with Crippen LogP contribution in [0.1, 0.15) is 83.8 Å². The fourth-order valence-electron chi connectivity index (χ4n) is 5.34. The van der Waals surface area contributed by atoms with E-state index < -0.39 is 42.6 Å². The Morgan fingerprint density at radius 2 is 1.58 bits per heavy atom. The van der Waals surface area contributed by atoms with Gasteiger partial charge in [0, 0.05) is 5.57 Å². The lowest BCUT2D eigenvalue weighted by molar-refractivity contribution is -0.271. The molecular weight excluding hydrogens is 556 g/mol. The van der Waals surface area contributed by atoms with Crippen LogP contribution in [-0.2, 0) is 20.7 Å². The van der Waals surface area contributed by atoms with Gasteiger partial charge in [0.1, 0.15) is 35.4 Å². The first-order valence-electron chi connectivity index (χ1n) is 14.8. The fourth-order valence-corrected chi connectivity index (χ4v) is 5.34. The van der Waals surface area contributed by atoms with Gasteiger partial charge in [0.15, 0.2) is 6.10 Å². The molecule has 6 atom stereocenters. The zero-order valence-electron chi connectivity index (χ0n) is 25.7. The lowest BCUT2D eigenvalue weighted by Gasteiger charge is -2.39. The van der Waals surface area contributed by atoms with Crippen LogP contribution in [0.3, 0.4) is 0 Å². The van der Waals surface area contributed by atoms with Gasteiger partial charge in [-0.25, -0.2) is 9.59 Å². The molecule has 238 valence electrons. The number of aryl methyl sites for hydroxylation is 2. The van der Waals surface area contributed by atoms with Crippen LogP contribution in [0.15, 0.2) is 47.1 Å². The standard InChI is InChI=1S/C33H46O10/c1-19(11-7-13-21(3)30(37)38)9-6-10-20(2)12-8-15-33(5)16-14-23-18-24(17-22(4)28(23)43-33)41-32-27(36)25(34)26(35)29(42-32)31(39)40/h9,12-13,17-18,25-27,29,32,34-36H,6-8,10-11,14-16H2,1-5H3,(H,37,38)(H,39,40)/b19-9+,20-12+,21-13+/t25-,26-,27+,29-,32+,33+/m0/s1. The van der Waals surface area contributed by atoms with Crippen LogP contribution in [0.4, 0.5) is 0 Å². The van der Waals surface area contributed by atoms with Gasteiger partial charge in [-0.15, -0.1) is 0 Å². The van der Waals surface area contributed by atoms with Gasteiger partial charge in [-0.05, 0) is 109 Å². The second-order valence-electron chi connectivity index (χ2n) is 12.0. The van der Waals surface area contributed by atoms with E-state index >= 15 is 0 Å². The summed E-state index contributed by atoms with van der Waals surface area (Å²) < 4.78 is 17.5. The molecule has 0 radical (unpaired) electrons. The number of ether oxygens (including phenoxy) is 3. The highest BCUT2D eigenvalue weighted by molar-refractivity contribution is 5.85. The van der Waals surface area contributed by atoms with Crippen molar-refractivity contribution in [2.75, 3.05) is 0 Å². The Kier molecular flexibility index (Phi) is 12.0. The summed E-state index contributed by atoms with van der Waals surface area (Å²) in [6, 6.07) is 3.49. The number of hydrogen-bond donors (Lipinski definition) is 5. The van der Waals surface area contributed by atoms with Crippen molar-refractivity contribution >= 4 is 11.9 Å². The summed E-state index contributed by atoms with van der Waals surface area (Å²) in [7, 11) is 0. The van der Waals surface area contributed by atoms with Crippen molar-refractivity contribution in [3.05, 3.63) is 58.2 Å². The van der Waals surface area contributed by atoms with Crippen LogP contribution >= 0.6 is 0 Å². The monoisotopic (exact) mass is 602 g/mol. The number of carboxylic acids is 2. The summed E-state index contributed by atoms with van der Waals surface area (Å²) in [6.45, 7) is 9.83. The van der Waals surface area contributed by atoms with Gasteiger partial charge in [-0.1, -0.05) is 29.4 Å². The summed E-state index contributed by atoms with van der Waals surface area (Å²) in [6.07, 6.45) is 4.68. The number of aliphatic hydroxyl groups is 3. The highest BCUT2D eigenvalue weighted by atomic mass is 16.7. The van der Waals surface area contributed by atoms with E-state index in [-0.39, 0.29) is 5.60 Å². The van der Waals surface area contributed by atoms with Crippen LogP contribution in [0.2, 0.25) is 0 Å². The van der Waals surface area contributed by atoms with E-state index in [2.05, 4.69) is 32.9 Å². The summed E-state index contributed by atoms with van der Waals surface area (Å²) >= 11 is 0. The van der Waals surface area contributed by atoms with Crippen molar-refractivity contribution in [1.82, 2.24) is 0 Å². The number of hydrogen-bond acceptors (Lipinski definition) is 8. The molecule has 0 unspecified atom stereocenters. The molecule has 1 saturated heterocycles. The number of aliphatic hydroxyl groups excluding tert-OH is 3. The molecule has 0 saturated carbocycles. The quantitative estimate of drug-likeness (QED) is 0.159. The molecule has 3 rings (SSSR count). The number of carbonyl (C=O) groups is 2. The maximum absolute atomic E-state index is 11.4. The molecule has 0 aromatic heterocycles. The normalized spacial score (nSPS) is 28.2. The number of rotatable bonds is 13. The van der Waals surface area contributed by atoms with E-state index in [1.54, 1.807) is 25.1 Å². The van der Waals surface area contributed by atoms with E-state index in [1.807, 2.05) is 6.92 Å². The molecule has 43 heavy (non-hydrogen) atoms. The highest BCUT2D eigenvalue weighted by Gasteiger charge is 2.48. The van der Waals surface area contributed by atoms with Crippen LogP contribution in [-0.4, -0.2) is 73.8 Å². The van der Waals surface area contributed by atoms with Crippen molar-refractivity contribution in [3.63, 3.8) is 0 Å². The van der Waals surface area contributed by atoms with Gasteiger partial charge in [0.2, 0.25) is 6.29 Å². The fraction of sp³-hybridized carbons (Fsp3) is 0.576. The van der Waals surface area contributed by atoms with Crippen LogP contribution in [0, 0.1) is 6.92 Å². The maximum atomic E-state index is 11.4. The SMILES string of the molecule is C/C(=C\CC/C(C)=C/CC[C@]1(C)CCc2cc(O[C@@H]3O[C@H](C(=O)O)[C@@H](O)[C@H](O)[C@H]3O)cc(C)c2O1)CC/C=C(\C)C(=O)O. The largest absolute Gasteiger partial charge is 0.487 e. The highest BCUT2D eigenvalue weighted by Crippen LogP contribution is 2.40. The Balaban J connectivity index is 1.53. The molecule has 1 aromatic carbocycles. The minimum atomic E-state index is -1.78. The average molecular weight is 603 g/mol. The Labute approximate surface area is 253 Å². The first-order valence-corrected chi connectivity index (χ1v) is 14.8. The van der Waals surface area contributed by atoms with E-state index in [4.69, 9.17) is 19.3 Å². The Morgan fingerprint density at radius 3 is 2.21 bits per heavy atom. The van der Waals surface area contributed by atoms with Gasteiger partial charge in [-0.2, -0.15) is 0 Å². The van der Waals surface area contributed by atoms with E-state index in [9.17, 15) is 30.0 Å². The number of allylic oxidation sites excluding steroid dienone is 5. The van der Waals surface area contributed by atoms with Crippen molar-refractivity contribution in [3.8, 4) is 11.5 Å². The van der Waals surface area contributed by atoms with Gasteiger partial charge in [0.05, 0.1) is 0 Å². The van der Waals surface area contributed by atoms with Gasteiger partial charge in [-0.3, -0.25) is 0 Å². The second kappa shape index (κ2) is 15.0. The lowest BCUT2D eigenvalue weighted by atomic mass is 9.87. The molecule has 10 heteroatoms. The predicted octanol–water partition coefficient (Wildman–Crippen LogP) is 4.61. The van der Waals surface area contributed by atoms with Crippen LogP contribution in [0.25, 0.3) is 0 Å². The van der Waals surface area contributed by atoms with Crippen molar-refractivity contribution in [2.45, 2.75) is 122 Å². The maximum Gasteiger partial charge on any atom is 0.335 e. The van der Waals surface area contributed by atoms with E-state index in [1.165, 1.54) is 11.1 Å². The zero-order valence-corrected chi connectivity index (χ0v) is 25.7. The molecule has 2 heterocycles. The summed E-state index contributed by atoms with van der Waals surface area (Å²) in [5.41, 5.74) is 4.37. The molecule has 2 aliphatic heterocycles. The first kappa shape index (κ1) is 34.3. The van der Waals surface area contributed by atoms with Crippen LogP contribution < -0.4 is 9.47 Å². The third-order valence-corrected chi connectivity index (χ3v) is 8.19. The molecule has 10 nitrogen and oxygen atoms in total. The third-order valence-electron chi connectivity index (χ3n) is 8.19. The molecular formula is C33H46O10. The number of carboxylic acid groups (broad SMARTS) is 2. The Morgan fingerprint density at radius 1 is 0.953 bits per heavy atom. The van der Waals surface area contributed by atoms with Crippen LogP contribution in [0.5, 0.6) is 11.5 Å². The van der Waals surface area contributed by atoms with Gasteiger partial charge in [0.25, 0.3) is 0 Å². The van der Waals surface area contributed by atoms with E-state index in [0.29, 0.717) is 11.3 Å². The second-order valence-corrected chi connectivity index (χ2v) is 12.0. The molecule has 5 N–H and O–H groups in total. The molecule has 0 aliphatic carbocycles. The van der Waals surface area contributed by atoms with Crippen molar-refractivity contribution < 1.29 is 49.3 Å². The molecule has 0 spiro atoms. The molecule has 1 aromatic rings. The Hall–Kier alpha value is -3.18. The zero-order chi connectivity index (χ0) is 31.9. The number of aliphatic carboxylic acids is 2. The minimum Gasteiger partial charge on any atom is -0.487 e. The minimum absolute atomic E-state index is 0.341. The predicted molar refractivity (Wildman–Crippen MR) is 160 cm³/mol. The molecule has 0 amide bonds.